The van der Waals surface area contributed by atoms with E-state index >= 15 is 0 Å². The van der Waals surface area contributed by atoms with Crippen LogP contribution in [0.2, 0.25) is 0 Å². The van der Waals surface area contributed by atoms with E-state index in [2.05, 4.69) is 35.1 Å². The molecule has 9 heteroatoms. The minimum atomic E-state index is -4.08. The van der Waals surface area contributed by atoms with Crippen molar-refractivity contribution in [2.24, 2.45) is 0 Å². The summed E-state index contributed by atoms with van der Waals surface area (Å²) in [7, 11) is -4.08. The van der Waals surface area contributed by atoms with Gasteiger partial charge in [0.2, 0.25) is 11.8 Å². The van der Waals surface area contributed by atoms with Crippen LogP contribution in [0.25, 0.3) is 0 Å². The Labute approximate surface area is 240 Å². The molecule has 1 atom stereocenters. The molecule has 1 N–H and O–H groups in total. The maximum atomic E-state index is 13.9. The van der Waals surface area contributed by atoms with Crippen molar-refractivity contribution in [1.29, 1.82) is 0 Å². The minimum Gasteiger partial charge on any atom is -0.352 e. The molecular weight excluding hydrogens is 578 g/mol. The number of anilines is 1. The van der Waals surface area contributed by atoms with Gasteiger partial charge in [0.25, 0.3) is 10.0 Å². The van der Waals surface area contributed by atoms with E-state index in [9.17, 15) is 18.0 Å². The van der Waals surface area contributed by atoms with Crippen molar-refractivity contribution in [3.05, 3.63) is 94.5 Å². The van der Waals surface area contributed by atoms with Crippen molar-refractivity contribution in [2.75, 3.05) is 10.8 Å². The fourth-order valence-corrected chi connectivity index (χ4v) is 5.75. The normalized spacial score (nSPS) is 12.3. The number of carbonyl (C=O) groups is 2. The topological polar surface area (TPSA) is 86.8 Å². The third-order valence-corrected chi connectivity index (χ3v) is 8.64. The largest absolute Gasteiger partial charge is 0.352 e. The second kappa shape index (κ2) is 13.3. The average Bonchev–Trinajstić information content (AvgIpc) is 2.91. The molecule has 0 aromatic heterocycles. The molecule has 208 valence electrons. The summed E-state index contributed by atoms with van der Waals surface area (Å²) in [6, 6.07) is 21.7. The smallest absolute Gasteiger partial charge is 0.264 e. The molecule has 0 spiro atoms. The Morgan fingerprint density at radius 3 is 1.97 bits per heavy atom. The molecule has 1 unspecified atom stereocenters. The van der Waals surface area contributed by atoms with E-state index in [0.717, 1.165) is 19.9 Å². The number of halogens is 1. The first-order valence-electron chi connectivity index (χ1n) is 12.9. The summed E-state index contributed by atoms with van der Waals surface area (Å²) in [6.07, 6.45) is 0. The van der Waals surface area contributed by atoms with Crippen LogP contribution in [-0.4, -0.2) is 43.8 Å². The van der Waals surface area contributed by atoms with E-state index in [4.69, 9.17) is 0 Å². The molecule has 0 heterocycles. The maximum Gasteiger partial charge on any atom is 0.264 e. The van der Waals surface area contributed by atoms with Gasteiger partial charge >= 0.3 is 0 Å². The zero-order valence-corrected chi connectivity index (χ0v) is 25.4. The molecule has 3 aromatic rings. The van der Waals surface area contributed by atoms with Crippen LogP contribution >= 0.6 is 15.9 Å². The lowest BCUT2D eigenvalue weighted by atomic mass is 10.0. The number of amides is 2. The Hall–Kier alpha value is -3.17. The fraction of sp³-hybridized carbons (Fsp3) is 0.333. The Kier molecular flexibility index (Phi) is 10.3. The third kappa shape index (κ3) is 7.92. The highest BCUT2D eigenvalue weighted by atomic mass is 79.9. The summed E-state index contributed by atoms with van der Waals surface area (Å²) in [6.45, 7) is 9.14. The summed E-state index contributed by atoms with van der Waals surface area (Å²) in [5.41, 5.74) is 2.24. The molecule has 3 rings (SSSR count). The Morgan fingerprint density at radius 1 is 0.846 bits per heavy atom. The number of nitrogens with one attached hydrogen (secondary N) is 1. The monoisotopic (exact) mass is 613 g/mol. The van der Waals surface area contributed by atoms with E-state index in [1.54, 1.807) is 37.3 Å². The van der Waals surface area contributed by atoms with Crippen molar-refractivity contribution in [3.63, 3.8) is 0 Å². The summed E-state index contributed by atoms with van der Waals surface area (Å²) >= 11 is 3.42. The van der Waals surface area contributed by atoms with Gasteiger partial charge in [-0.25, -0.2) is 8.42 Å². The predicted molar refractivity (Wildman–Crippen MR) is 159 cm³/mol. The lowest BCUT2D eigenvalue weighted by Gasteiger charge is -2.32. The highest BCUT2D eigenvalue weighted by Crippen LogP contribution is 2.26. The molecule has 0 saturated carbocycles. The van der Waals surface area contributed by atoms with Gasteiger partial charge in [-0.2, -0.15) is 0 Å². The molecule has 0 radical (unpaired) electrons. The first-order chi connectivity index (χ1) is 18.4. The van der Waals surface area contributed by atoms with Gasteiger partial charge in [-0.15, -0.1) is 0 Å². The number of hydrogen-bond acceptors (Lipinski definition) is 4. The molecule has 0 aliphatic carbocycles. The quantitative estimate of drug-likeness (QED) is 0.300. The van der Waals surface area contributed by atoms with E-state index in [1.165, 1.54) is 17.0 Å². The molecular formula is C30H36BrN3O4S. The van der Waals surface area contributed by atoms with E-state index in [1.807, 2.05) is 50.2 Å². The summed E-state index contributed by atoms with van der Waals surface area (Å²) in [4.78, 5) is 28.4. The number of benzene rings is 3. The zero-order valence-electron chi connectivity index (χ0n) is 23.0. The van der Waals surface area contributed by atoms with Crippen LogP contribution in [0.4, 0.5) is 5.69 Å². The summed E-state index contributed by atoms with van der Waals surface area (Å²) in [5, 5.41) is 2.86. The molecule has 0 saturated heterocycles. The Bertz CT molecular complexity index is 1360. The molecule has 0 bridgehead atoms. The molecule has 0 aliphatic heterocycles. The number of hydrogen-bond donors (Lipinski definition) is 1. The summed E-state index contributed by atoms with van der Waals surface area (Å²) in [5.74, 6) is -0.535. The highest BCUT2D eigenvalue weighted by molar-refractivity contribution is 9.10. The first-order valence-corrected chi connectivity index (χ1v) is 15.2. The van der Waals surface area contributed by atoms with E-state index in [0.29, 0.717) is 5.69 Å². The SMILES string of the molecule is CC(C)NC(=O)C(C)N(Cc1ccc(Br)cc1)C(=O)CN(c1ccc(C(C)C)cc1)S(=O)(=O)c1ccccc1. The molecule has 39 heavy (non-hydrogen) atoms. The van der Waals surface area contributed by atoms with Gasteiger partial charge in [0, 0.05) is 17.1 Å². The van der Waals surface area contributed by atoms with Crippen molar-refractivity contribution in [2.45, 2.75) is 64.1 Å². The third-order valence-electron chi connectivity index (χ3n) is 6.32. The van der Waals surface area contributed by atoms with Gasteiger partial charge in [-0.3, -0.25) is 13.9 Å². The lowest BCUT2D eigenvalue weighted by Crippen LogP contribution is -2.52. The van der Waals surface area contributed by atoms with Crippen molar-refractivity contribution in [1.82, 2.24) is 10.2 Å². The fourth-order valence-electron chi connectivity index (χ4n) is 4.05. The number of sulfonamides is 1. The van der Waals surface area contributed by atoms with Crippen LogP contribution in [0, 0.1) is 0 Å². The van der Waals surface area contributed by atoms with Crippen LogP contribution in [0.15, 0.2) is 88.2 Å². The van der Waals surface area contributed by atoms with E-state index in [-0.39, 0.29) is 29.3 Å². The van der Waals surface area contributed by atoms with Crippen LogP contribution in [0.5, 0.6) is 0 Å². The van der Waals surface area contributed by atoms with Gasteiger partial charge in [0.1, 0.15) is 12.6 Å². The summed E-state index contributed by atoms with van der Waals surface area (Å²) < 4.78 is 29.7. The first kappa shape index (κ1) is 30.4. The van der Waals surface area contributed by atoms with Gasteiger partial charge in [0.15, 0.2) is 0 Å². The van der Waals surface area contributed by atoms with Crippen molar-refractivity contribution >= 4 is 43.5 Å². The molecule has 2 amide bonds. The standard InChI is InChI=1S/C30H36BrN3O4S/c1-21(2)25-13-17-27(18-14-25)34(39(37,38)28-9-7-6-8-10-28)20-29(35)33(23(5)30(36)32-22(3)4)19-24-11-15-26(31)16-12-24/h6-18,21-23H,19-20H2,1-5H3,(H,32,36). The van der Waals surface area contributed by atoms with Gasteiger partial charge < -0.3 is 10.2 Å². The Balaban J connectivity index is 2.02. The van der Waals surface area contributed by atoms with Crippen LogP contribution < -0.4 is 9.62 Å². The minimum absolute atomic E-state index is 0.0794. The Morgan fingerprint density at radius 2 is 1.44 bits per heavy atom. The number of carbonyl (C=O) groups excluding carboxylic acids is 2. The zero-order chi connectivity index (χ0) is 28.7. The number of rotatable bonds is 11. The molecule has 0 fully saturated rings. The predicted octanol–water partition coefficient (Wildman–Crippen LogP) is 5.71. The molecule has 7 nitrogen and oxygen atoms in total. The lowest BCUT2D eigenvalue weighted by molar-refractivity contribution is -0.139. The van der Waals surface area contributed by atoms with Crippen molar-refractivity contribution in [3.8, 4) is 0 Å². The van der Waals surface area contributed by atoms with Crippen LogP contribution in [-0.2, 0) is 26.2 Å². The van der Waals surface area contributed by atoms with Crippen LogP contribution in [0.3, 0.4) is 0 Å². The number of nitrogens with zero attached hydrogens (tertiary/aromatic N) is 2. The van der Waals surface area contributed by atoms with Gasteiger partial charge in [-0.1, -0.05) is 72.2 Å². The molecule has 0 aliphatic rings. The average molecular weight is 615 g/mol. The highest BCUT2D eigenvalue weighted by Gasteiger charge is 2.32. The van der Waals surface area contributed by atoms with Gasteiger partial charge in [0.05, 0.1) is 10.6 Å². The van der Waals surface area contributed by atoms with Gasteiger partial charge in [-0.05, 0) is 74.2 Å². The van der Waals surface area contributed by atoms with Crippen molar-refractivity contribution < 1.29 is 18.0 Å². The maximum absolute atomic E-state index is 13.9. The second-order valence-corrected chi connectivity index (χ2v) is 12.8. The molecule has 3 aromatic carbocycles. The van der Waals surface area contributed by atoms with Crippen LogP contribution in [0.1, 0.15) is 51.7 Å². The van der Waals surface area contributed by atoms with E-state index < -0.39 is 28.5 Å². The second-order valence-electron chi connectivity index (χ2n) is 10.1.